The maximum absolute atomic E-state index is 11.6. The smallest absolute Gasteiger partial charge is 0.335 e. The van der Waals surface area contributed by atoms with E-state index in [9.17, 15) is 9.90 Å². The number of aryl methyl sites for hydroxylation is 2. The number of nitrogens with zero attached hydrogens (tertiary/aromatic N) is 3. The van der Waals surface area contributed by atoms with Crippen LogP contribution in [0.15, 0.2) is 48.8 Å². The molecule has 2 aromatic heterocycles. The summed E-state index contributed by atoms with van der Waals surface area (Å²) in [6, 6.07) is 13.6. The second-order valence-corrected chi connectivity index (χ2v) is 9.27. The lowest BCUT2D eigenvalue weighted by atomic mass is 9.95. The quantitative estimate of drug-likeness (QED) is 0.323. The predicted molar refractivity (Wildman–Crippen MR) is 139 cm³/mol. The van der Waals surface area contributed by atoms with Gasteiger partial charge in [-0.05, 0) is 61.6 Å². The van der Waals surface area contributed by atoms with Crippen molar-refractivity contribution in [3.05, 3.63) is 71.2 Å². The summed E-state index contributed by atoms with van der Waals surface area (Å²) in [7, 11) is 1.70. The summed E-state index contributed by atoms with van der Waals surface area (Å²) in [4.78, 5) is 20.5. The molecule has 0 saturated heterocycles. The van der Waals surface area contributed by atoms with E-state index in [4.69, 9.17) is 4.74 Å². The van der Waals surface area contributed by atoms with E-state index in [2.05, 4.69) is 59.7 Å². The number of anilines is 1. The fourth-order valence-electron chi connectivity index (χ4n) is 4.60. The van der Waals surface area contributed by atoms with Gasteiger partial charge in [0.2, 0.25) is 0 Å². The molecule has 0 aliphatic rings. The number of rotatable bonds is 9. The highest BCUT2D eigenvalue weighted by Crippen LogP contribution is 2.31. The second kappa shape index (κ2) is 10.2. The Morgan fingerprint density at radius 2 is 1.91 bits per heavy atom. The predicted octanol–water partition coefficient (Wildman–Crippen LogP) is 5.73. The largest absolute Gasteiger partial charge is 0.496 e. The number of hydrogen-bond donors (Lipinski definition) is 2. The molecule has 7 nitrogen and oxygen atoms in total. The van der Waals surface area contributed by atoms with Gasteiger partial charge in [-0.1, -0.05) is 26.0 Å². The van der Waals surface area contributed by atoms with E-state index in [1.807, 2.05) is 24.3 Å². The number of benzene rings is 2. The van der Waals surface area contributed by atoms with E-state index < -0.39 is 5.97 Å². The molecule has 0 spiro atoms. The number of nitrogens with one attached hydrogen (secondary N) is 1. The molecule has 0 unspecified atom stereocenters. The molecule has 2 heterocycles. The monoisotopic (exact) mass is 472 g/mol. The third-order valence-electron chi connectivity index (χ3n) is 6.22. The minimum atomic E-state index is -0.905. The summed E-state index contributed by atoms with van der Waals surface area (Å²) in [5.41, 5.74) is 6.37. The highest BCUT2D eigenvalue weighted by Gasteiger charge is 2.14. The van der Waals surface area contributed by atoms with E-state index in [1.165, 1.54) is 23.1 Å². The van der Waals surface area contributed by atoms with Gasteiger partial charge in [0.25, 0.3) is 0 Å². The number of carbonyl (C=O) groups is 1. The number of hydrogen-bond acceptors (Lipinski definition) is 5. The van der Waals surface area contributed by atoms with Crippen LogP contribution in [0.1, 0.15) is 41.0 Å². The lowest BCUT2D eigenvalue weighted by molar-refractivity contribution is 0.0695. The van der Waals surface area contributed by atoms with Gasteiger partial charge in [-0.3, -0.25) is 0 Å². The first-order valence-corrected chi connectivity index (χ1v) is 11.8. The molecule has 0 saturated carbocycles. The Bertz CT molecular complexity index is 1370. The first-order chi connectivity index (χ1) is 16.8. The molecule has 0 radical (unpaired) electrons. The molecule has 0 fully saturated rings. The molecule has 4 rings (SSSR count). The third-order valence-corrected chi connectivity index (χ3v) is 6.22. The molecule has 2 aromatic carbocycles. The maximum atomic E-state index is 11.6. The fourth-order valence-corrected chi connectivity index (χ4v) is 4.60. The molecule has 0 amide bonds. The minimum Gasteiger partial charge on any atom is -0.496 e. The van der Waals surface area contributed by atoms with Crippen molar-refractivity contribution in [3.8, 4) is 17.0 Å². The van der Waals surface area contributed by atoms with Crippen molar-refractivity contribution in [1.82, 2.24) is 14.5 Å². The van der Waals surface area contributed by atoms with Gasteiger partial charge >= 0.3 is 5.97 Å². The van der Waals surface area contributed by atoms with Crippen LogP contribution < -0.4 is 10.1 Å². The summed E-state index contributed by atoms with van der Waals surface area (Å²) in [6.45, 7) is 9.85. The first kappa shape index (κ1) is 24.3. The zero-order valence-electron chi connectivity index (χ0n) is 20.9. The highest BCUT2D eigenvalue weighted by atomic mass is 16.5. The van der Waals surface area contributed by atoms with Gasteiger partial charge in [-0.15, -0.1) is 0 Å². The van der Waals surface area contributed by atoms with Crippen LogP contribution in [-0.4, -0.2) is 39.3 Å². The van der Waals surface area contributed by atoms with Gasteiger partial charge < -0.3 is 19.7 Å². The summed E-state index contributed by atoms with van der Waals surface area (Å²) in [5, 5.41) is 14.1. The molecular formula is C28H32N4O3. The van der Waals surface area contributed by atoms with Crippen LogP contribution in [0.5, 0.6) is 5.75 Å². The molecule has 4 aromatic rings. The van der Waals surface area contributed by atoms with Gasteiger partial charge in [0.05, 0.1) is 23.9 Å². The number of fused-ring (bicyclic) bond motifs is 1. The fraction of sp³-hybridized carbons (Fsp3) is 0.321. The molecule has 0 atom stereocenters. The number of carboxylic acid groups (broad SMARTS) is 1. The van der Waals surface area contributed by atoms with Gasteiger partial charge in [0, 0.05) is 35.8 Å². The van der Waals surface area contributed by atoms with Crippen molar-refractivity contribution < 1.29 is 14.6 Å². The standard InChI is InChI=1S/C28H32N4O3/c1-17(2)12-21-14-20(7-8-22(21)28(33)34)24-15-26(31-16-30-24)29-10-11-32-19(4)13-23-25(35-5)9-6-18(3)27(23)32/h6-9,13-17H,10-12H2,1-5H3,(H,33,34)(H,29,30,31). The highest BCUT2D eigenvalue weighted by molar-refractivity contribution is 5.91. The van der Waals surface area contributed by atoms with E-state index in [0.29, 0.717) is 24.4 Å². The van der Waals surface area contributed by atoms with Gasteiger partial charge in [-0.2, -0.15) is 0 Å². The Balaban J connectivity index is 1.54. The van der Waals surface area contributed by atoms with Gasteiger partial charge in [0.1, 0.15) is 17.9 Å². The third kappa shape index (κ3) is 5.14. The zero-order chi connectivity index (χ0) is 25.1. The molecule has 35 heavy (non-hydrogen) atoms. The van der Waals surface area contributed by atoms with Crippen molar-refractivity contribution in [3.63, 3.8) is 0 Å². The Hall–Kier alpha value is -3.87. The molecule has 182 valence electrons. The minimum absolute atomic E-state index is 0.344. The van der Waals surface area contributed by atoms with Crippen LogP contribution in [0, 0.1) is 19.8 Å². The Morgan fingerprint density at radius 3 is 2.63 bits per heavy atom. The van der Waals surface area contributed by atoms with E-state index in [-0.39, 0.29) is 0 Å². The summed E-state index contributed by atoms with van der Waals surface area (Å²) in [5.74, 6) is 1.05. The number of methoxy groups -OCH3 is 1. The van der Waals surface area contributed by atoms with Crippen molar-refractivity contribution >= 4 is 22.7 Å². The summed E-state index contributed by atoms with van der Waals surface area (Å²) < 4.78 is 7.85. The number of carboxylic acids is 1. The second-order valence-electron chi connectivity index (χ2n) is 9.27. The van der Waals surface area contributed by atoms with Crippen LogP contribution in [0.4, 0.5) is 5.82 Å². The molecular weight excluding hydrogens is 440 g/mol. The maximum Gasteiger partial charge on any atom is 0.335 e. The molecule has 0 aliphatic heterocycles. The van der Waals surface area contributed by atoms with E-state index >= 15 is 0 Å². The van der Waals surface area contributed by atoms with Crippen molar-refractivity contribution in [2.45, 2.75) is 40.7 Å². The summed E-state index contributed by atoms with van der Waals surface area (Å²) in [6.07, 6.45) is 2.23. The van der Waals surface area contributed by atoms with Crippen LogP contribution in [-0.2, 0) is 13.0 Å². The van der Waals surface area contributed by atoms with Crippen LogP contribution in [0.3, 0.4) is 0 Å². The van der Waals surface area contributed by atoms with Gasteiger partial charge in [0.15, 0.2) is 0 Å². The zero-order valence-corrected chi connectivity index (χ0v) is 20.9. The topological polar surface area (TPSA) is 89.3 Å². The van der Waals surface area contributed by atoms with E-state index in [0.717, 1.165) is 40.3 Å². The molecule has 2 N–H and O–H groups in total. The average Bonchev–Trinajstić information content (AvgIpc) is 3.16. The van der Waals surface area contributed by atoms with Gasteiger partial charge in [-0.25, -0.2) is 14.8 Å². The lowest BCUT2D eigenvalue weighted by Gasteiger charge is -2.13. The van der Waals surface area contributed by atoms with Crippen molar-refractivity contribution in [1.29, 1.82) is 0 Å². The Kier molecular flexibility index (Phi) is 7.05. The molecule has 0 aliphatic carbocycles. The first-order valence-electron chi connectivity index (χ1n) is 11.8. The summed E-state index contributed by atoms with van der Waals surface area (Å²) >= 11 is 0. The number of aromatic carboxylic acids is 1. The van der Waals surface area contributed by atoms with Crippen LogP contribution >= 0.6 is 0 Å². The van der Waals surface area contributed by atoms with Crippen LogP contribution in [0.25, 0.3) is 22.2 Å². The Morgan fingerprint density at radius 1 is 1.11 bits per heavy atom. The SMILES string of the molecule is COc1ccc(C)c2c1cc(C)n2CCNc1cc(-c2ccc(C(=O)O)c(CC(C)C)c2)ncn1. The van der Waals surface area contributed by atoms with Crippen LogP contribution in [0.2, 0.25) is 0 Å². The van der Waals surface area contributed by atoms with E-state index in [1.54, 1.807) is 13.2 Å². The normalized spacial score (nSPS) is 11.3. The molecule has 7 heteroatoms. The number of ether oxygens (including phenoxy) is 1. The van der Waals surface area contributed by atoms with Crippen molar-refractivity contribution in [2.75, 3.05) is 19.0 Å². The lowest BCUT2D eigenvalue weighted by Crippen LogP contribution is -2.12. The number of aromatic nitrogens is 3. The average molecular weight is 473 g/mol. The molecule has 0 bridgehead atoms. The van der Waals surface area contributed by atoms with Crippen molar-refractivity contribution in [2.24, 2.45) is 5.92 Å². The Labute approximate surface area is 205 Å².